The van der Waals surface area contributed by atoms with Crippen LogP contribution in [0, 0.1) is 5.82 Å². The molecule has 2 aromatic carbocycles. The molecule has 0 aliphatic heterocycles. The van der Waals surface area contributed by atoms with E-state index < -0.39 is 17.5 Å². The van der Waals surface area contributed by atoms with Crippen molar-refractivity contribution in [1.29, 1.82) is 0 Å². The lowest BCUT2D eigenvalue weighted by atomic mass is 10.2. The van der Waals surface area contributed by atoms with Gasteiger partial charge in [0.05, 0.1) is 27.3 Å². The van der Waals surface area contributed by atoms with Crippen LogP contribution in [0.15, 0.2) is 41.2 Å². The number of carboxylic acids is 1. The summed E-state index contributed by atoms with van der Waals surface area (Å²) in [6.45, 7) is 0. The van der Waals surface area contributed by atoms with Crippen LogP contribution in [0.4, 0.5) is 4.39 Å². The molecule has 7 heteroatoms. The molecule has 0 bridgehead atoms. The Morgan fingerprint density at radius 1 is 1.29 bits per heavy atom. The van der Waals surface area contributed by atoms with Gasteiger partial charge >= 0.3 is 11.7 Å². The Balaban J connectivity index is 2.41. The van der Waals surface area contributed by atoms with Gasteiger partial charge in [-0.25, -0.2) is 14.0 Å². The fraction of sp³-hybridized carbons (Fsp3) is 0. The highest BCUT2D eigenvalue weighted by Gasteiger charge is 2.17. The first-order valence-electron chi connectivity index (χ1n) is 5.91. The summed E-state index contributed by atoms with van der Waals surface area (Å²) in [5, 5.41) is 9.16. The van der Waals surface area contributed by atoms with Gasteiger partial charge in [0.15, 0.2) is 0 Å². The molecular formula is C14H8ClFN2O3. The monoisotopic (exact) mass is 306 g/mol. The van der Waals surface area contributed by atoms with Crippen molar-refractivity contribution in [3.05, 3.63) is 63.3 Å². The lowest BCUT2D eigenvalue weighted by molar-refractivity contribution is 0.0698. The predicted molar refractivity (Wildman–Crippen MR) is 75.8 cm³/mol. The summed E-state index contributed by atoms with van der Waals surface area (Å²) in [6, 6.07) is 8.30. The van der Waals surface area contributed by atoms with Crippen molar-refractivity contribution >= 4 is 28.6 Å². The second-order valence-electron chi connectivity index (χ2n) is 4.37. The molecule has 0 aliphatic rings. The van der Waals surface area contributed by atoms with E-state index in [1.54, 1.807) is 6.07 Å². The summed E-state index contributed by atoms with van der Waals surface area (Å²) in [6.07, 6.45) is 0. The number of rotatable bonds is 2. The van der Waals surface area contributed by atoms with Crippen LogP contribution in [-0.2, 0) is 0 Å². The third-order valence-corrected chi connectivity index (χ3v) is 3.40. The number of aromatic carboxylic acids is 1. The number of hydrogen-bond acceptors (Lipinski definition) is 2. The van der Waals surface area contributed by atoms with Crippen LogP contribution in [0.1, 0.15) is 10.4 Å². The second-order valence-corrected chi connectivity index (χ2v) is 4.78. The van der Waals surface area contributed by atoms with E-state index in [9.17, 15) is 19.1 Å². The van der Waals surface area contributed by atoms with Gasteiger partial charge in [0.1, 0.15) is 5.82 Å². The summed E-state index contributed by atoms with van der Waals surface area (Å²) < 4.78 is 14.7. The largest absolute Gasteiger partial charge is 0.478 e. The SMILES string of the molecule is O=C(O)c1cccc2[nH]c(=O)n(-c3ccc(Cl)c(F)c3)c12. The first kappa shape index (κ1) is 13.4. The van der Waals surface area contributed by atoms with Crippen molar-refractivity contribution in [3.63, 3.8) is 0 Å². The molecule has 0 amide bonds. The maximum atomic E-state index is 13.6. The molecule has 0 atom stereocenters. The summed E-state index contributed by atoms with van der Waals surface area (Å²) >= 11 is 5.62. The van der Waals surface area contributed by atoms with Crippen molar-refractivity contribution in [2.45, 2.75) is 0 Å². The first-order chi connectivity index (χ1) is 9.99. The third-order valence-electron chi connectivity index (χ3n) is 3.10. The highest BCUT2D eigenvalue weighted by atomic mass is 35.5. The van der Waals surface area contributed by atoms with E-state index >= 15 is 0 Å². The van der Waals surface area contributed by atoms with E-state index in [-0.39, 0.29) is 21.8 Å². The maximum absolute atomic E-state index is 13.6. The van der Waals surface area contributed by atoms with Gasteiger partial charge in [-0.2, -0.15) is 0 Å². The Bertz CT molecular complexity index is 930. The van der Waals surface area contributed by atoms with Crippen LogP contribution >= 0.6 is 11.6 Å². The Morgan fingerprint density at radius 2 is 2.05 bits per heavy atom. The summed E-state index contributed by atoms with van der Waals surface area (Å²) in [7, 11) is 0. The van der Waals surface area contributed by atoms with E-state index in [2.05, 4.69) is 4.98 Å². The topological polar surface area (TPSA) is 75.1 Å². The molecular weight excluding hydrogens is 299 g/mol. The predicted octanol–water partition coefficient (Wildman–Crippen LogP) is 2.81. The number of imidazole rings is 1. The molecule has 0 spiro atoms. The zero-order chi connectivity index (χ0) is 15.1. The van der Waals surface area contributed by atoms with Crippen LogP contribution in [-0.4, -0.2) is 20.6 Å². The normalized spacial score (nSPS) is 11.0. The smallest absolute Gasteiger partial charge is 0.337 e. The van der Waals surface area contributed by atoms with E-state index in [0.717, 1.165) is 10.6 Å². The standard InChI is InChI=1S/C14H8ClFN2O3/c15-9-5-4-7(6-10(9)16)18-12-8(13(19)20)2-1-3-11(12)17-14(18)21/h1-6H,(H,17,21)(H,19,20). The lowest BCUT2D eigenvalue weighted by Gasteiger charge is -2.06. The molecule has 0 aliphatic carbocycles. The molecule has 5 nitrogen and oxygen atoms in total. The van der Waals surface area contributed by atoms with Gasteiger partial charge in [0.2, 0.25) is 0 Å². The van der Waals surface area contributed by atoms with Crippen molar-refractivity contribution < 1.29 is 14.3 Å². The zero-order valence-corrected chi connectivity index (χ0v) is 11.2. The minimum Gasteiger partial charge on any atom is -0.478 e. The molecule has 0 saturated heterocycles. The lowest BCUT2D eigenvalue weighted by Crippen LogP contribution is -2.16. The van der Waals surface area contributed by atoms with Gasteiger partial charge in [-0.05, 0) is 30.3 Å². The van der Waals surface area contributed by atoms with Crippen LogP contribution in [0.2, 0.25) is 5.02 Å². The molecule has 1 heterocycles. The van der Waals surface area contributed by atoms with Gasteiger partial charge in [-0.3, -0.25) is 4.57 Å². The number of fused-ring (bicyclic) bond motifs is 1. The Labute approximate surface area is 122 Å². The van der Waals surface area contributed by atoms with Crippen LogP contribution < -0.4 is 5.69 Å². The molecule has 1 aromatic heterocycles. The van der Waals surface area contributed by atoms with Gasteiger partial charge in [-0.1, -0.05) is 17.7 Å². The molecule has 0 saturated carbocycles. The van der Waals surface area contributed by atoms with E-state index in [0.29, 0.717) is 5.52 Å². The highest BCUT2D eigenvalue weighted by Crippen LogP contribution is 2.22. The Morgan fingerprint density at radius 3 is 2.71 bits per heavy atom. The second kappa shape index (κ2) is 4.75. The van der Waals surface area contributed by atoms with E-state index in [4.69, 9.17) is 11.6 Å². The van der Waals surface area contributed by atoms with Gasteiger partial charge in [0, 0.05) is 0 Å². The molecule has 21 heavy (non-hydrogen) atoms. The maximum Gasteiger partial charge on any atom is 0.337 e. The minimum atomic E-state index is -1.18. The number of para-hydroxylation sites is 1. The number of hydrogen-bond donors (Lipinski definition) is 2. The van der Waals surface area contributed by atoms with Crippen molar-refractivity contribution in [1.82, 2.24) is 9.55 Å². The van der Waals surface area contributed by atoms with Gasteiger partial charge in [0.25, 0.3) is 0 Å². The number of nitrogens with zero attached hydrogens (tertiary/aromatic N) is 1. The average Bonchev–Trinajstić information content (AvgIpc) is 2.77. The molecule has 2 N–H and O–H groups in total. The fourth-order valence-electron chi connectivity index (χ4n) is 2.20. The number of aromatic amines is 1. The van der Waals surface area contributed by atoms with E-state index in [1.807, 2.05) is 0 Å². The van der Waals surface area contributed by atoms with E-state index in [1.165, 1.54) is 24.3 Å². The molecule has 3 rings (SSSR count). The third kappa shape index (κ3) is 2.09. The molecule has 106 valence electrons. The minimum absolute atomic E-state index is 0.0544. The molecule has 0 unspecified atom stereocenters. The van der Waals surface area contributed by atoms with Crippen molar-refractivity contribution in [2.24, 2.45) is 0 Å². The number of nitrogens with one attached hydrogen (secondary N) is 1. The number of H-pyrrole nitrogens is 1. The zero-order valence-electron chi connectivity index (χ0n) is 10.4. The average molecular weight is 307 g/mol. The fourth-order valence-corrected chi connectivity index (χ4v) is 2.32. The van der Waals surface area contributed by atoms with Crippen molar-refractivity contribution in [2.75, 3.05) is 0 Å². The highest BCUT2D eigenvalue weighted by molar-refractivity contribution is 6.30. The number of aromatic nitrogens is 2. The Kier molecular flexibility index (Phi) is 3.03. The Hall–Kier alpha value is -2.60. The van der Waals surface area contributed by atoms with Crippen molar-refractivity contribution in [3.8, 4) is 5.69 Å². The molecule has 0 radical (unpaired) electrons. The summed E-state index contributed by atoms with van der Waals surface area (Å²) in [5.41, 5.74) is 0.121. The van der Waals surface area contributed by atoms with Crippen LogP contribution in [0.5, 0.6) is 0 Å². The quantitative estimate of drug-likeness (QED) is 0.764. The number of benzene rings is 2. The molecule has 3 aromatic rings. The van der Waals surface area contributed by atoms with Crippen LogP contribution in [0.25, 0.3) is 16.7 Å². The van der Waals surface area contributed by atoms with Crippen LogP contribution in [0.3, 0.4) is 0 Å². The van der Waals surface area contributed by atoms with Gasteiger partial charge < -0.3 is 10.1 Å². The number of carbonyl (C=O) groups is 1. The first-order valence-corrected chi connectivity index (χ1v) is 6.29. The number of halogens is 2. The summed E-state index contributed by atoms with van der Waals surface area (Å²) in [5.74, 6) is -1.87. The number of carboxylic acid groups (broad SMARTS) is 1. The summed E-state index contributed by atoms with van der Waals surface area (Å²) in [4.78, 5) is 25.9. The van der Waals surface area contributed by atoms with Gasteiger partial charge in [-0.15, -0.1) is 0 Å². The molecule has 0 fully saturated rings.